The molecule has 1 N–H and O–H groups in total. The summed E-state index contributed by atoms with van der Waals surface area (Å²) < 4.78 is 18.5. The van der Waals surface area contributed by atoms with E-state index in [1.807, 2.05) is 25.3 Å². The van der Waals surface area contributed by atoms with E-state index in [1.165, 1.54) is 18.7 Å². The van der Waals surface area contributed by atoms with E-state index in [4.69, 9.17) is 4.74 Å². The van der Waals surface area contributed by atoms with E-state index in [-0.39, 0.29) is 18.2 Å². The number of carbonyl (C=O) groups is 1. The largest absolute Gasteiger partial charge is 0.494 e. The number of rotatable bonds is 5. The summed E-state index contributed by atoms with van der Waals surface area (Å²) in [6.07, 6.45) is 4.30. The number of nitrogens with zero attached hydrogens (tertiary/aromatic N) is 3. The number of aromatic nitrogens is 2. The van der Waals surface area contributed by atoms with Gasteiger partial charge in [0.15, 0.2) is 11.6 Å². The highest BCUT2D eigenvalue weighted by atomic mass is 19.1. The molecule has 0 bridgehead atoms. The number of anilines is 1. The molecule has 0 spiro atoms. The lowest BCUT2D eigenvalue weighted by molar-refractivity contribution is 0.0950. The summed E-state index contributed by atoms with van der Waals surface area (Å²) in [7, 11) is 1.41. The van der Waals surface area contributed by atoms with Gasteiger partial charge >= 0.3 is 0 Å². The van der Waals surface area contributed by atoms with Crippen LogP contribution in [0.5, 0.6) is 5.75 Å². The zero-order valence-electron chi connectivity index (χ0n) is 17.0. The lowest BCUT2D eigenvalue weighted by Crippen LogP contribution is -2.32. The molecule has 1 amide bonds. The Morgan fingerprint density at radius 1 is 1.27 bits per heavy atom. The van der Waals surface area contributed by atoms with Crippen molar-refractivity contribution in [3.8, 4) is 5.75 Å². The molecule has 4 rings (SSSR count). The Balaban J connectivity index is 1.43. The summed E-state index contributed by atoms with van der Waals surface area (Å²) in [5.74, 6) is 0.374. The van der Waals surface area contributed by atoms with E-state index in [0.717, 1.165) is 42.1 Å². The molecule has 1 aromatic carbocycles. The van der Waals surface area contributed by atoms with E-state index >= 15 is 0 Å². The molecule has 0 saturated carbocycles. The molecule has 0 aliphatic carbocycles. The van der Waals surface area contributed by atoms with Gasteiger partial charge in [-0.05, 0) is 47.9 Å². The van der Waals surface area contributed by atoms with Gasteiger partial charge < -0.3 is 15.0 Å². The number of fused-ring (bicyclic) bond motifs is 1. The highest BCUT2D eigenvalue weighted by molar-refractivity contribution is 5.94. The van der Waals surface area contributed by atoms with Crippen molar-refractivity contribution in [1.29, 1.82) is 0 Å². The van der Waals surface area contributed by atoms with Crippen LogP contribution >= 0.6 is 0 Å². The van der Waals surface area contributed by atoms with Crippen molar-refractivity contribution >= 4 is 11.7 Å². The van der Waals surface area contributed by atoms with Crippen LogP contribution in [-0.4, -0.2) is 29.5 Å². The fourth-order valence-electron chi connectivity index (χ4n) is 3.67. The predicted octanol–water partition coefficient (Wildman–Crippen LogP) is 3.43. The predicted molar refractivity (Wildman–Crippen MR) is 112 cm³/mol. The van der Waals surface area contributed by atoms with Gasteiger partial charge in [-0.3, -0.25) is 9.78 Å². The van der Waals surface area contributed by atoms with E-state index in [1.54, 1.807) is 18.3 Å². The maximum absolute atomic E-state index is 13.5. The van der Waals surface area contributed by atoms with Gasteiger partial charge in [-0.2, -0.15) is 0 Å². The van der Waals surface area contributed by atoms with E-state index in [0.29, 0.717) is 5.56 Å². The summed E-state index contributed by atoms with van der Waals surface area (Å²) in [6, 6.07) is 10.4. The lowest BCUT2D eigenvalue weighted by Gasteiger charge is -2.30. The Bertz CT molecular complexity index is 1090. The van der Waals surface area contributed by atoms with Crippen LogP contribution in [0, 0.1) is 12.7 Å². The number of halogens is 1. The zero-order chi connectivity index (χ0) is 21.1. The average Bonchev–Trinajstić information content (AvgIpc) is 2.78. The molecule has 0 atom stereocenters. The quantitative estimate of drug-likeness (QED) is 0.703. The van der Waals surface area contributed by atoms with Crippen molar-refractivity contribution in [3.05, 3.63) is 82.6 Å². The highest BCUT2D eigenvalue weighted by Gasteiger charge is 2.20. The van der Waals surface area contributed by atoms with Crippen LogP contribution in [0.2, 0.25) is 0 Å². The first kappa shape index (κ1) is 19.8. The minimum absolute atomic E-state index is 0.155. The van der Waals surface area contributed by atoms with Gasteiger partial charge in [0.25, 0.3) is 5.91 Å². The van der Waals surface area contributed by atoms with Crippen LogP contribution in [0.3, 0.4) is 0 Å². The van der Waals surface area contributed by atoms with Crippen molar-refractivity contribution in [2.45, 2.75) is 26.4 Å². The molecule has 0 radical (unpaired) electrons. The smallest absolute Gasteiger partial charge is 0.253 e. The van der Waals surface area contributed by atoms with Crippen molar-refractivity contribution in [2.75, 3.05) is 18.6 Å². The monoisotopic (exact) mass is 406 g/mol. The van der Waals surface area contributed by atoms with Gasteiger partial charge in [0.2, 0.25) is 0 Å². The Kier molecular flexibility index (Phi) is 5.61. The fraction of sp³-hybridized carbons (Fsp3) is 0.261. The van der Waals surface area contributed by atoms with Gasteiger partial charge in [-0.15, -0.1) is 0 Å². The van der Waals surface area contributed by atoms with Gasteiger partial charge in [0, 0.05) is 44.1 Å². The van der Waals surface area contributed by atoms with Crippen molar-refractivity contribution in [2.24, 2.45) is 0 Å². The van der Waals surface area contributed by atoms with Crippen LogP contribution < -0.4 is 15.0 Å². The Morgan fingerprint density at radius 2 is 2.13 bits per heavy atom. The summed E-state index contributed by atoms with van der Waals surface area (Å²) in [4.78, 5) is 23.8. The number of amides is 1. The third kappa shape index (κ3) is 4.10. The molecule has 1 aliphatic rings. The topological polar surface area (TPSA) is 67.3 Å². The summed E-state index contributed by atoms with van der Waals surface area (Å²) in [5, 5.41) is 2.85. The number of hydrogen-bond acceptors (Lipinski definition) is 5. The second-order valence-corrected chi connectivity index (χ2v) is 7.30. The van der Waals surface area contributed by atoms with Gasteiger partial charge in [-0.25, -0.2) is 9.37 Å². The number of aryl methyl sites for hydroxylation is 1. The molecule has 154 valence electrons. The third-order valence-electron chi connectivity index (χ3n) is 5.25. The van der Waals surface area contributed by atoms with Crippen molar-refractivity contribution in [1.82, 2.24) is 15.3 Å². The summed E-state index contributed by atoms with van der Waals surface area (Å²) >= 11 is 0. The Labute approximate surface area is 174 Å². The zero-order valence-corrected chi connectivity index (χ0v) is 17.0. The van der Waals surface area contributed by atoms with Crippen LogP contribution in [0.25, 0.3) is 0 Å². The Hall–Kier alpha value is -3.48. The number of nitrogens with one attached hydrogen (secondary N) is 1. The second-order valence-electron chi connectivity index (χ2n) is 7.30. The average molecular weight is 406 g/mol. The second kappa shape index (κ2) is 8.49. The molecule has 7 heteroatoms. The molecule has 3 heterocycles. The number of carbonyl (C=O) groups excluding carboxylic acids is 1. The SMILES string of the molecule is COc1cc(CNC(=O)c2cnc(N3CCc4ncccc4C3)c(C)c2)ccc1F. The Morgan fingerprint density at radius 3 is 2.93 bits per heavy atom. The maximum atomic E-state index is 13.5. The molecule has 2 aromatic heterocycles. The third-order valence-corrected chi connectivity index (χ3v) is 5.25. The van der Waals surface area contributed by atoms with Crippen LogP contribution in [0.15, 0.2) is 48.8 Å². The summed E-state index contributed by atoms with van der Waals surface area (Å²) in [6.45, 7) is 3.83. The van der Waals surface area contributed by atoms with E-state index in [2.05, 4.69) is 26.3 Å². The minimum atomic E-state index is -0.431. The molecule has 0 unspecified atom stereocenters. The number of ether oxygens (including phenoxy) is 1. The first-order chi connectivity index (χ1) is 14.5. The van der Waals surface area contributed by atoms with Gasteiger partial charge in [-0.1, -0.05) is 12.1 Å². The maximum Gasteiger partial charge on any atom is 0.253 e. The first-order valence-corrected chi connectivity index (χ1v) is 9.80. The van der Waals surface area contributed by atoms with Gasteiger partial charge in [0.05, 0.1) is 12.7 Å². The molecular weight excluding hydrogens is 383 g/mol. The van der Waals surface area contributed by atoms with Crippen LogP contribution in [0.1, 0.15) is 32.7 Å². The van der Waals surface area contributed by atoms with E-state index in [9.17, 15) is 9.18 Å². The number of pyridine rings is 2. The molecule has 0 fully saturated rings. The van der Waals surface area contributed by atoms with Crippen molar-refractivity contribution in [3.63, 3.8) is 0 Å². The standard InChI is InChI=1S/C23H23FN4O2/c1-15-10-18(23(29)27-12-16-5-6-19(24)21(11-16)30-2)13-26-22(15)28-9-7-20-17(14-28)4-3-8-25-20/h3-6,8,10-11,13H,7,9,12,14H2,1-2H3,(H,27,29). The summed E-state index contributed by atoms with van der Waals surface area (Å²) in [5.41, 5.74) is 4.53. The number of methoxy groups -OCH3 is 1. The van der Waals surface area contributed by atoms with Gasteiger partial charge in [0.1, 0.15) is 5.82 Å². The lowest BCUT2D eigenvalue weighted by atomic mass is 10.0. The molecular formula is C23H23FN4O2. The molecule has 1 aliphatic heterocycles. The fourth-order valence-corrected chi connectivity index (χ4v) is 3.67. The molecule has 6 nitrogen and oxygen atoms in total. The number of benzene rings is 1. The van der Waals surface area contributed by atoms with Crippen LogP contribution in [-0.2, 0) is 19.5 Å². The minimum Gasteiger partial charge on any atom is -0.494 e. The first-order valence-electron chi connectivity index (χ1n) is 9.80. The van der Waals surface area contributed by atoms with Crippen LogP contribution in [0.4, 0.5) is 10.2 Å². The molecule has 30 heavy (non-hydrogen) atoms. The highest BCUT2D eigenvalue weighted by Crippen LogP contribution is 2.25. The normalized spacial score (nSPS) is 13.0. The molecule has 3 aromatic rings. The molecule has 0 saturated heterocycles. The van der Waals surface area contributed by atoms with E-state index < -0.39 is 5.82 Å². The van der Waals surface area contributed by atoms with Crippen molar-refractivity contribution < 1.29 is 13.9 Å². The number of hydrogen-bond donors (Lipinski definition) is 1.